The molecule has 0 aromatic heterocycles. The van der Waals surface area contributed by atoms with Gasteiger partial charge >= 0.3 is 0 Å². The highest BCUT2D eigenvalue weighted by atomic mass is 32.2. The quantitative estimate of drug-likeness (QED) is 0.869. The number of aliphatic imine (C=N–C) groups is 1. The maximum absolute atomic E-state index is 5.38. The lowest BCUT2D eigenvalue weighted by atomic mass is 9.84. The van der Waals surface area contributed by atoms with Gasteiger partial charge in [-0.05, 0) is 36.3 Å². The number of nitrogens with one attached hydrogen (secondary N) is 1. The van der Waals surface area contributed by atoms with E-state index in [1.165, 1.54) is 24.2 Å². The van der Waals surface area contributed by atoms with Crippen LogP contribution in [0.4, 0.5) is 0 Å². The molecule has 116 valence electrons. The molecule has 4 heteroatoms. The SMILES string of the molecule is CCC1(CC)CN=C(NCCc2ccccc2OC)SC1. The van der Waals surface area contributed by atoms with Crippen LogP contribution in [0, 0.1) is 5.41 Å². The lowest BCUT2D eigenvalue weighted by molar-refractivity contribution is 0.318. The topological polar surface area (TPSA) is 33.6 Å². The molecule has 0 atom stereocenters. The van der Waals surface area contributed by atoms with Crippen LogP contribution in [-0.4, -0.2) is 31.1 Å². The monoisotopic (exact) mass is 306 g/mol. The minimum absolute atomic E-state index is 0.415. The molecule has 0 unspecified atom stereocenters. The number of rotatable bonds is 6. The second kappa shape index (κ2) is 7.74. The maximum Gasteiger partial charge on any atom is 0.156 e. The second-order valence-corrected chi connectivity index (χ2v) is 6.57. The van der Waals surface area contributed by atoms with Crippen molar-refractivity contribution in [3.8, 4) is 5.75 Å². The third-order valence-corrected chi connectivity index (χ3v) is 5.74. The summed E-state index contributed by atoms with van der Waals surface area (Å²) in [5.74, 6) is 2.15. The second-order valence-electron chi connectivity index (χ2n) is 5.61. The highest BCUT2D eigenvalue weighted by molar-refractivity contribution is 8.13. The summed E-state index contributed by atoms with van der Waals surface area (Å²) < 4.78 is 5.38. The summed E-state index contributed by atoms with van der Waals surface area (Å²) in [6.07, 6.45) is 3.39. The molecule has 1 N–H and O–H groups in total. The normalized spacial score (nSPS) is 17.2. The molecule has 21 heavy (non-hydrogen) atoms. The van der Waals surface area contributed by atoms with Crippen LogP contribution in [0.3, 0.4) is 0 Å². The van der Waals surface area contributed by atoms with Gasteiger partial charge in [-0.25, -0.2) is 0 Å². The summed E-state index contributed by atoms with van der Waals surface area (Å²) in [5, 5.41) is 4.56. The van der Waals surface area contributed by atoms with E-state index in [4.69, 9.17) is 9.73 Å². The van der Waals surface area contributed by atoms with E-state index < -0.39 is 0 Å². The van der Waals surface area contributed by atoms with E-state index in [0.717, 1.165) is 30.4 Å². The highest BCUT2D eigenvalue weighted by Crippen LogP contribution is 2.34. The Labute approximate surface area is 132 Å². The number of ether oxygens (including phenoxy) is 1. The van der Waals surface area contributed by atoms with Crippen LogP contribution in [0.15, 0.2) is 29.3 Å². The number of benzene rings is 1. The van der Waals surface area contributed by atoms with Gasteiger partial charge in [0.2, 0.25) is 0 Å². The van der Waals surface area contributed by atoms with Gasteiger partial charge in [0.15, 0.2) is 5.17 Å². The third-order valence-electron chi connectivity index (χ3n) is 4.44. The van der Waals surface area contributed by atoms with Crippen molar-refractivity contribution in [3.05, 3.63) is 29.8 Å². The fourth-order valence-corrected chi connectivity index (χ4v) is 3.85. The summed E-state index contributed by atoms with van der Waals surface area (Å²) in [4.78, 5) is 4.74. The van der Waals surface area contributed by atoms with E-state index in [2.05, 4.69) is 31.3 Å². The third kappa shape index (κ3) is 4.16. The van der Waals surface area contributed by atoms with Crippen LogP contribution in [0.25, 0.3) is 0 Å². The molecule has 1 aromatic carbocycles. The summed E-state index contributed by atoms with van der Waals surface area (Å²) in [7, 11) is 1.72. The van der Waals surface area contributed by atoms with Crippen molar-refractivity contribution in [2.24, 2.45) is 10.4 Å². The molecule has 1 heterocycles. The molecule has 0 fully saturated rings. The number of nitrogens with zero attached hydrogens (tertiary/aromatic N) is 1. The first-order chi connectivity index (χ1) is 10.2. The van der Waals surface area contributed by atoms with Gasteiger partial charge in [-0.2, -0.15) is 0 Å². The molecule has 1 aliphatic heterocycles. The van der Waals surface area contributed by atoms with Crippen LogP contribution < -0.4 is 10.1 Å². The fraction of sp³-hybridized carbons (Fsp3) is 0.588. The number of thioether (sulfide) groups is 1. The van der Waals surface area contributed by atoms with Crippen molar-refractivity contribution in [2.45, 2.75) is 33.1 Å². The summed E-state index contributed by atoms with van der Waals surface area (Å²) in [6.45, 7) is 6.42. The van der Waals surface area contributed by atoms with E-state index in [1.54, 1.807) is 7.11 Å². The number of methoxy groups -OCH3 is 1. The molecule has 0 bridgehead atoms. The standard InChI is InChI=1S/C17H26N2OS/c1-4-17(5-2)12-19-16(21-13-17)18-11-10-14-8-6-7-9-15(14)20-3/h6-9H,4-5,10-13H2,1-3H3,(H,18,19). The number of amidine groups is 1. The number of para-hydroxylation sites is 1. The van der Waals surface area contributed by atoms with Crippen molar-refractivity contribution >= 4 is 16.9 Å². The molecule has 3 nitrogen and oxygen atoms in total. The van der Waals surface area contributed by atoms with E-state index in [-0.39, 0.29) is 0 Å². The van der Waals surface area contributed by atoms with Crippen LogP contribution in [-0.2, 0) is 6.42 Å². The Morgan fingerprint density at radius 2 is 2.05 bits per heavy atom. The number of hydrogen-bond donors (Lipinski definition) is 1. The van der Waals surface area contributed by atoms with Gasteiger partial charge < -0.3 is 10.1 Å². The zero-order valence-corrected chi connectivity index (χ0v) is 14.1. The Hall–Kier alpha value is -1.16. The smallest absolute Gasteiger partial charge is 0.156 e. The summed E-state index contributed by atoms with van der Waals surface area (Å²) >= 11 is 1.87. The van der Waals surface area contributed by atoms with Gasteiger partial charge in [0.25, 0.3) is 0 Å². The summed E-state index contributed by atoms with van der Waals surface area (Å²) in [6, 6.07) is 8.20. The van der Waals surface area contributed by atoms with Gasteiger partial charge in [0, 0.05) is 18.8 Å². The van der Waals surface area contributed by atoms with Crippen molar-refractivity contribution in [1.82, 2.24) is 5.32 Å². The van der Waals surface area contributed by atoms with Gasteiger partial charge in [-0.3, -0.25) is 4.99 Å². The molecular weight excluding hydrogens is 280 g/mol. The predicted octanol–water partition coefficient (Wildman–Crippen LogP) is 3.74. The van der Waals surface area contributed by atoms with Crippen LogP contribution in [0.1, 0.15) is 32.3 Å². The van der Waals surface area contributed by atoms with Gasteiger partial charge in [-0.15, -0.1) is 0 Å². The Morgan fingerprint density at radius 1 is 1.29 bits per heavy atom. The first kappa shape index (κ1) is 16.2. The number of hydrogen-bond acceptors (Lipinski definition) is 4. The van der Waals surface area contributed by atoms with Gasteiger partial charge in [-0.1, -0.05) is 43.8 Å². The predicted molar refractivity (Wildman–Crippen MR) is 92.5 cm³/mol. The Bertz CT molecular complexity index is 483. The lowest BCUT2D eigenvalue weighted by Gasteiger charge is -2.33. The molecule has 1 aromatic rings. The molecule has 0 radical (unpaired) electrons. The molecule has 0 aliphatic carbocycles. The Kier molecular flexibility index (Phi) is 5.97. The van der Waals surface area contributed by atoms with E-state index in [0.29, 0.717) is 5.41 Å². The Morgan fingerprint density at radius 3 is 2.67 bits per heavy atom. The van der Waals surface area contributed by atoms with Gasteiger partial charge in [0.1, 0.15) is 5.75 Å². The molecule has 0 saturated carbocycles. The zero-order valence-electron chi connectivity index (χ0n) is 13.3. The van der Waals surface area contributed by atoms with Crippen molar-refractivity contribution in [3.63, 3.8) is 0 Å². The fourth-order valence-electron chi connectivity index (χ4n) is 2.55. The van der Waals surface area contributed by atoms with E-state index in [1.807, 2.05) is 23.9 Å². The van der Waals surface area contributed by atoms with Crippen LogP contribution in [0.2, 0.25) is 0 Å². The van der Waals surface area contributed by atoms with Crippen LogP contribution >= 0.6 is 11.8 Å². The average molecular weight is 306 g/mol. The summed E-state index contributed by atoms with van der Waals surface area (Å²) in [5.41, 5.74) is 1.66. The minimum atomic E-state index is 0.415. The first-order valence-electron chi connectivity index (χ1n) is 7.76. The van der Waals surface area contributed by atoms with Crippen molar-refractivity contribution in [1.29, 1.82) is 0 Å². The first-order valence-corrected chi connectivity index (χ1v) is 8.74. The Balaban J connectivity index is 1.83. The highest BCUT2D eigenvalue weighted by Gasteiger charge is 2.29. The minimum Gasteiger partial charge on any atom is -0.496 e. The van der Waals surface area contributed by atoms with E-state index >= 15 is 0 Å². The average Bonchev–Trinajstić information content (AvgIpc) is 2.56. The zero-order chi connectivity index (χ0) is 15.1. The molecule has 0 spiro atoms. The molecule has 0 amide bonds. The molecule has 0 saturated heterocycles. The maximum atomic E-state index is 5.38. The molecular formula is C17H26N2OS. The largest absolute Gasteiger partial charge is 0.496 e. The molecule has 2 rings (SSSR count). The molecule has 1 aliphatic rings. The van der Waals surface area contributed by atoms with Crippen molar-refractivity contribution in [2.75, 3.05) is 26.0 Å². The van der Waals surface area contributed by atoms with Crippen LogP contribution in [0.5, 0.6) is 5.75 Å². The van der Waals surface area contributed by atoms with E-state index in [9.17, 15) is 0 Å². The van der Waals surface area contributed by atoms with Gasteiger partial charge in [0.05, 0.1) is 7.11 Å². The lowest BCUT2D eigenvalue weighted by Crippen LogP contribution is -2.35. The van der Waals surface area contributed by atoms with Crippen molar-refractivity contribution < 1.29 is 4.74 Å².